The van der Waals surface area contributed by atoms with Gasteiger partial charge in [0.1, 0.15) is 12.4 Å². The lowest BCUT2D eigenvalue weighted by Gasteiger charge is -2.38. The molecule has 31 heavy (non-hydrogen) atoms. The number of nitrogens with zero attached hydrogens (tertiary/aromatic N) is 1. The van der Waals surface area contributed by atoms with Crippen LogP contribution in [-0.4, -0.2) is 36.0 Å². The third-order valence-corrected chi connectivity index (χ3v) is 5.41. The number of para-hydroxylation sites is 1. The van der Waals surface area contributed by atoms with Gasteiger partial charge in [-0.15, -0.1) is 6.58 Å². The van der Waals surface area contributed by atoms with E-state index < -0.39 is 41.1 Å². The van der Waals surface area contributed by atoms with Gasteiger partial charge in [-0.25, -0.2) is 0 Å². The lowest BCUT2D eigenvalue weighted by atomic mass is 9.67. The Bertz CT molecular complexity index is 1170. The first-order valence-corrected chi connectivity index (χ1v) is 9.65. The number of rotatable bonds is 5. The van der Waals surface area contributed by atoms with Crippen molar-refractivity contribution in [2.24, 2.45) is 5.92 Å². The fourth-order valence-electron chi connectivity index (χ4n) is 4.26. The summed E-state index contributed by atoms with van der Waals surface area (Å²) in [6.45, 7) is 4.82. The summed E-state index contributed by atoms with van der Waals surface area (Å²) in [4.78, 5) is 41.1. The molecular weight excluding hydrogens is 404 g/mol. The summed E-state index contributed by atoms with van der Waals surface area (Å²) in [7, 11) is 0. The van der Waals surface area contributed by atoms with Crippen molar-refractivity contribution in [1.29, 1.82) is 5.41 Å². The fourth-order valence-corrected chi connectivity index (χ4v) is 4.26. The van der Waals surface area contributed by atoms with Crippen LogP contribution in [0.15, 0.2) is 52.2 Å². The minimum Gasteiger partial charge on any atom is -0.465 e. The van der Waals surface area contributed by atoms with E-state index in [1.165, 1.54) is 11.0 Å². The number of ether oxygens (including phenoxy) is 2. The van der Waals surface area contributed by atoms with E-state index in [2.05, 4.69) is 6.58 Å². The average molecular weight is 424 g/mol. The van der Waals surface area contributed by atoms with Crippen LogP contribution in [-0.2, 0) is 26.3 Å². The molecule has 0 aliphatic carbocycles. The van der Waals surface area contributed by atoms with E-state index in [9.17, 15) is 19.5 Å². The third kappa shape index (κ3) is 2.73. The van der Waals surface area contributed by atoms with Gasteiger partial charge in [0, 0.05) is 23.9 Å². The number of hydrogen-bond acceptors (Lipinski definition) is 8. The monoisotopic (exact) mass is 424 g/mol. The van der Waals surface area contributed by atoms with Gasteiger partial charge in [-0.2, -0.15) is 0 Å². The number of benzene rings is 1. The number of amides is 1. The molecule has 0 radical (unpaired) electrons. The summed E-state index contributed by atoms with van der Waals surface area (Å²) < 4.78 is 16.3. The predicted octanol–water partition coefficient (Wildman–Crippen LogP) is 1.50. The molecule has 2 N–H and O–H groups in total. The molecule has 2 aromatic rings. The van der Waals surface area contributed by atoms with Crippen LogP contribution in [0.25, 0.3) is 0 Å². The van der Waals surface area contributed by atoms with Crippen molar-refractivity contribution in [2.45, 2.75) is 18.9 Å². The van der Waals surface area contributed by atoms with Gasteiger partial charge >= 0.3 is 5.97 Å². The molecule has 2 atom stereocenters. The van der Waals surface area contributed by atoms with E-state index in [4.69, 9.17) is 19.3 Å². The minimum absolute atomic E-state index is 0.0123. The maximum Gasteiger partial charge on any atom is 0.320 e. The Hall–Kier alpha value is -3.72. The highest BCUT2D eigenvalue weighted by Crippen LogP contribution is 2.55. The van der Waals surface area contributed by atoms with Crippen molar-refractivity contribution in [3.8, 4) is 5.75 Å². The summed E-state index contributed by atoms with van der Waals surface area (Å²) in [5.41, 5.74) is -1.73. The first kappa shape index (κ1) is 20.5. The van der Waals surface area contributed by atoms with E-state index in [1.807, 2.05) is 0 Å². The Morgan fingerprint density at radius 1 is 1.39 bits per heavy atom. The summed E-state index contributed by atoms with van der Waals surface area (Å²) in [5.74, 6) is -4.28. The second-order valence-corrected chi connectivity index (χ2v) is 7.07. The predicted molar refractivity (Wildman–Crippen MR) is 109 cm³/mol. The van der Waals surface area contributed by atoms with Crippen LogP contribution < -0.4 is 15.1 Å². The molecule has 0 bridgehead atoms. The van der Waals surface area contributed by atoms with Gasteiger partial charge in [-0.05, 0) is 13.0 Å². The Morgan fingerprint density at radius 3 is 2.81 bits per heavy atom. The van der Waals surface area contributed by atoms with Gasteiger partial charge < -0.3 is 23.9 Å². The van der Waals surface area contributed by atoms with Crippen molar-refractivity contribution in [3.05, 3.63) is 70.3 Å². The van der Waals surface area contributed by atoms with E-state index in [0.29, 0.717) is 11.3 Å². The van der Waals surface area contributed by atoms with Crippen LogP contribution in [0.3, 0.4) is 0 Å². The number of hydrogen-bond donors (Lipinski definition) is 2. The average Bonchev–Trinajstić information content (AvgIpc) is 2.99. The molecule has 1 amide bonds. The molecule has 2 aliphatic heterocycles. The fraction of sp³-hybridized carbons (Fsp3) is 0.273. The highest BCUT2D eigenvalue weighted by molar-refractivity contribution is 6.18. The quantitative estimate of drug-likeness (QED) is 0.549. The van der Waals surface area contributed by atoms with E-state index in [-0.39, 0.29) is 30.4 Å². The molecule has 3 heterocycles. The molecule has 1 spiro atoms. The molecule has 0 fully saturated rings. The Labute approximate surface area is 177 Å². The molecule has 4 rings (SSSR count). The highest BCUT2D eigenvalue weighted by Gasteiger charge is 2.66. The van der Waals surface area contributed by atoms with Crippen LogP contribution in [0.4, 0.5) is 5.69 Å². The Balaban J connectivity index is 2.14. The Kier molecular flexibility index (Phi) is 4.98. The molecule has 2 aliphatic rings. The number of aliphatic hydroxyl groups is 1. The van der Waals surface area contributed by atoms with Gasteiger partial charge in [0.05, 0.1) is 6.61 Å². The van der Waals surface area contributed by atoms with Crippen LogP contribution in [0, 0.1) is 11.3 Å². The topological polar surface area (TPSA) is 130 Å². The van der Waals surface area contributed by atoms with Gasteiger partial charge in [-0.1, -0.05) is 24.3 Å². The lowest BCUT2D eigenvalue weighted by molar-refractivity contribution is -0.150. The molecule has 1 aromatic carbocycles. The minimum atomic E-state index is -1.90. The normalized spacial score (nSPS) is 21.5. The Morgan fingerprint density at radius 2 is 2.13 bits per heavy atom. The molecule has 9 nitrogen and oxygen atoms in total. The van der Waals surface area contributed by atoms with E-state index in [1.54, 1.807) is 31.2 Å². The maximum absolute atomic E-state index is 14.0. The van der Waals surface area contributed by atoms with Crippen LogP contribution in [0.5, 0.6) is 5.75 Å². The third-order valence-electron chi connectivity index (χ3n) is 5.41. The van der Waals surface area contributed by atoms with Crippen molar-refractivity contribution in [2.75, 3.05) is 18.1 Å². The number of aliphatic hydroxyl groups excluding tert-OH is 1. The molecule has 9 heteroatoms. The number of nitrogens with one attached hydrogen (secondary N) is 1. The lowest BCUT2D eigenvalue weighted by Crippen LogP contribution is -2.56. The molecular formula is C22H20N2O7. The second-order valence-electron chi connectivity index (χ2n) is 7.07. The van der Waals surface area contributed by atoms with E-state index in [0.717, 1.165) is 6.07 Å². The zero-order chi connectivity index (χ0) is 22.3. The summed E-state index contributed by atoms with van der Waals surface area (Å²) in [6.07, 6.45) is 1.53. The molecule has 160 valence electrons. The van der Waals surface area contributed by atoms with Crippen molar-refractivity contribution in [1.82, 2.24) is 0 Å². The van der Waals surface area contributed by atoms with Crippen LogP contribution >= 0.6 is 0 Å². The van der Waals surface area contributed by atoms with Crippen LogP contribution in [0.1, 0.15) is 24.0 Å². The number of anilines is 1. The largest absolute Gasteiger partial charge is 0.465 e. The number of esters is 1. The van der Waals surface area contributed by atoms with Gasteiger partial charge in [0.15, 0.2) is 17.1 Å². The second kappa shape index (κ2) is 7.51. The zero-order valence-corrected chi connectivity index (χ0v) is 16.7. The number of carbonyl (C=O) groups excluding carboxylic acids is 2. The first-order chi connectivity index (χ1) is 14.9. The highest BCUT2D eigenvalue weighted by atomic mass is 16.5. The summed E-state index contributed by atoms with van der Waals surface area (Å²) in [5, 5.41) is 18.0. The molecule has 0 saturated heterocycles. The molecule has 0 saturated carbocycles. The number of fused-ring (bicyclic) bond motifs is 4. The van der Waals surface area contributed by atoms with Gasteiger partial charge in [0.25, 0.3) is 0 Å². The zero-order valence-electron chi connectivity index (χ0n) is 16.7. The maximum atomic E-state index is 14.0. The van der Waals surface area contributed by atoms with Crippen molar-refractivity contribution < 1.29 is 28.6 Å². The summed E-state index contributed by atoms with van der Waals surface area (Å²) >= 11 is 0. The molecule has 1 aromatic heterocycles. The van der Waals surface area contributed by atoms with Crippen LogP contribution in [0.2, 0.25) is 0 Å². The van der Waals surface area contributed by atoms with Gasteiger partial charge in [-0.3, -0.25) is 19.8 Å². The first-order valence-electron chi connectivity index (χ1n) is 9.65. The summed E-state index contributed by atoms with van der Waals surface area (Å²) in [6, 6.07) is 7.76. The standard InChI is InChI=1S/C22H20N2O7/c1-3-9-24-14-8-6-5-7-13(14)22(21(24)28)16(20(27)29-4-2)19(23)31-17-15(26)10-12(11-25)30-18(17)22/h3,5-8,10,16,23,25H,1,4,9,11H2,2H3. The number of carbonyl (C=O) groups is 2. The smallest absolute Gasteiger partial charge is 0.320 e. The van der Waals surface area contributed by atoms with Gasteiger partial charge in [0.2, 0.25) is 23.0 Å². The SMILES string of the molecule is C=CCN1C(=O)C2(c3ccccc31)c1oc(CO)cc(=O)c1OC(=N)C2C(=O)OCC. The van der Waals surface area contributed by atoms with Crippen molar-refractivity contribution >= 4 is 23.5 Å². The molecule has 2 unspecified atom stereocenters. The van der Waals surface area contributed by atoms with E-state index >= 15 is 0 Å². The van der Waals surface area contributed by atoms with Crippen molar-refractivity contribution in [3.63, 3.8) is 0 Å².